The van der Waals surface area contributed by atoms with Crippen LogP contribution in [0.5, 0.6) is 0 Å². The molecular weight excluding hydrogens is 333 g/mol. The molecule has 3 rings (SSSR count). The molecule has 0 aliphatic rings. The largest absolute Gasteiger partial charge is 0.465 e. The summed E-state index contributed by atoms with van der Waals surface area (Å²) in [6.07, 6.45) is 0. The Kier molecular flexibility index (Phi) is 4.33. The van der Waals surface area contributed by atoms with Gasteiger partial charge in [-0.3, -0.25) is 0 Å². The van der Waals surface area contributed by atoms with Crippen molar-refractivity contribution in [1.82, 2.24) is 4.57 Å². The summed E-state index contributed by atoms with van der Waals surface area (Å²) in [4.78, 5) is 11.8. The highest BCUT2D eigenvalue weighted by Crippen LogP contribution is 2.26. The molecule has 0 N–H and O–H groups in total. The molecule has 23 heavy (non-hydrogen) atoms. The fourth-order valence-electron chi connectivity index (χ4n) is 2.67. The highest BCUT2D eigenvalue weighted by Gasteiger charge is 2.12. The zero-order valence-electron chi connectivity index (χ0n) is 12.8. The summed E-state index contributed by atoms with van der Waals surface area (Å²) in [5.74, 6) is -0.346. The second-order valence-corrected chi connectivity index (χ2v) is 6.22. The van der Waals surface area contributed by atoms with Crippen LogP contribution in [0, 0.1) is 6.92 Å². The Labute approximate surface area is 144 Å². The lowest BCUT2D eigenvalue weighted by atomic mass is 10.1. The van der Waals surface area contributed by atoms with Gasteiger partial charge in [0, 0.05) is 27.8 Å². The monoisotopic (exact) mass is 347 g/mol. The van der Waals surface area contributed by atoms with E-state index in [4.69, 9.17) is 27.9 Å². The minimum absolute atomic E-state index is 0.346. The summed E-state index contributed by atoms with van der Waals surface area (Å²) in [5.41, 5.74) is 3.56. The number of rotatable bonds is 3. The lowest BCUT2D eigenvalue weighted by Crippen LogP contribution is -2.04. The van der Waals surface area contributed by atoms with E-state index in [1.54, 1.807) is 12.1 Å². The van der Waals surface area contributed by atoms with Crippen LogP contribution < -0.4 is 0 Å². The number of ether oxygens (including phenoxy) is 1. The molecule has 3 nitrogen and oxygen atoms in total. The lowest BCUT2D eigenvalue weighted by molar-refractivity contribution is 0.0601. The number of methoxy groups -OCH3 is 1. The van der Waals surface area contributed by atoms with Gasteiger partial charge in [0.2, 0.25) is 0 Å². The van der Waals surface area contributed by atoms with E-state index in [1.165, 1.54) is 7.11 Å². The number of esters is 1. The van der Waals surface area contributed by atoms with Crippen LogP contribution in [0.15, 0.2) is 42.5 Å². The highest BCUT2D eigenvalue weighted by molar-refractivity contribution is 6.35. The van der Waals surface area contributed by atoms with Crippen molar-refractivity contribution in [3.8, 4) is 0 Å². The van der Waals surface area contributed by atoms with Gasteiger partial charge in [-0.25, -0.2) is 4.79 Å². The molecule has 0 amide bonds. The van der Waals surface area contributed by atoms with Crippen LogP contribution in [0.1, 0.15) is 21.6 Å². The summed E-state index contributed by atoms with van der Waals surface area (Å²) in [6.45, 7) is 2.64. The fraction of sp³-hybridized carbons (Fsp3) is 0.167. The first kappa shape index (κ1) is 15.9. The maximum Gasteiger partial charge on any atom is 0.337 e. The smallest absolute Gasteiger partial charge is 0.337 e. The summed E-state index contributed by atoms with van der Waals surface area (Å²) < 4.78 is 6.92. The van der Waals surface area contributed by atoms with Crippen molar-refractivity contribution in [1.29, 1.82) is 0 Å². The van der Waals surface area contributed by atoms with Crippen molar-refractivity contribution in [3.05, 3.63) is 69.3 Å². The van der Waals surface area contributed by atoms with Crippen molar-refractivity contribution in [2.45, 2.75) is 13.5 Å². The van der Waals surface area contributed by atoms with Crippen LogP contribution in [0.25, 0.3) is 10.9 Å². The third kappa shape index (κ3) is 3.07. The van der Waals surface area contributed by atoms with E-state index in [1.807, 2.05) is 31.2 Å². The molecule has 1 heterocycles. The predicted octanol–water partition coefficient (Wildman–Crippen LogP) is 5.09. The van der Waals surface area contributed by atoms with Crippen molar-refractivity contribution < 1.29 is 9.53 Å². The van der Waals surface area contributed by atoms with E-state index in [-0.39, 0.29) is 5.97 Å². The summed E-state index contributed by atoms with van der Waals surface area (Å²) >= 11 is 12.2. The Bertz CT molecular complexity index is 899. The summed E-state index contributed by atoms with van der Waals surface area (Å²) in [5, 5.41) is 2.31. The normalized spacial score (nSPS) is 11.0. The standard InChI is InChI=1S/C18H15Cl2NO2/c1-11-7-12-3-4-13(18(22)23-2)8-17(12)21(11)10-14-5-6-15(19)9-16(14)20/h3-9H,10H2,1-2H3. The van der Waals surface area contributed by atoms with Crippen LogP contribution >= 0.6 is 23.2 Å². The molecule has 2 aromatic carbocycles. The molecule has 0 unspecified atom stereocenters. The van der Waals surface area contributed by atoms with Gasteiger partial charge >= 0.3 is 5.97 Å². The number of benzene rings is 2. The fourth-order valence-corrected chi connectivity index (χ4v) is 3.14. The molecule has 1 aromatic heterocycles. The number of hydrogen-bond donors (Lipinski definition) is 0. The van der Waals surface area contributed by atoms with Crippen LogP contribution in [-0.2, 0) is 11.3 Å². The molecule has 0 saturated heterocycles. The number of carbonyl (C=O) groups is 1. The molecule has 0 radical (unpaired) electrons. The molecule has 118 valence electrons. The van der Waals surface area contributed by atoms with E-state index in [0.717, 1.165) is 22.2 Å². The van der Waals surface area contributed by atoms with Gasteiger partial charge in [-0.2, -0.15) is 0 Å². The van der Waals surface area contributed by atoms with E-state index in [2.05, 4.69) is 10.6 Å². The van der Waals surface area contributed by atoms with Crippen molar-refractivity contribution in [2.75, 3.05) is 7.11 Å². The summed E-state index contributed by atoms with van der Waals surface area (Å²) in [6, 6.07) is 13.1. The van der Waals surface area contributed by atoms with Crippen LogP contribution in [-0.4, -0.2) is 17.6 Å². The molecule has 5 heteroatoms. The second kappa shape index (κ2) is 6.26. The zero-order valence-corrected chi connectivity index (χ0v) is 14.3. The molecule has 0 fully saturated rings. The van der Waals surface area contributed by atoms with Crippen molar-refractivity contribution in [3.63, 3.8) is 0 Å². The highest BCUT2D eigenvalue weighted by atomic mass is 35.5. The first-order valence-electron chi connectivity index (χ1n) is 7.11. The first-order valence-corrected chi connectivity index (χ1v) is 7.87. The molecule has 0 bridgehead atoms. The number of aromatic nitrogens is 1. The van der Waals surface area contributed by atoms with Crippen LogP contribution in [0.2, 0.25) is 10.0 Å². The zero-order chi connectivity index (χ0) is 16.6. The SMILES string of the molecule is COC(=O)c1ccc2cc(C)n(Cc3ccc(Cl)cc3Cl)c2c1. The Hall–Kier alpha value is -1.97. The van der Waals surface area contributed by atoms with E-state index < -0.39 is 0 Å². The number of hydrogen-bond acceptors (Lipinski definition) is 2. The third-order valence-electron chi connectivity index (χ3n) is 3.88. The second-order valence-electron chi connectivity index (χ2n) is 5.37. The number of carbonyl (C=O) groups excluding carboxylic acids is 1. The molecule has 0 aliphatic carbocycles. The van der Waals surface area contributed by atoms with Gasteiger partial charge in [0.25, 0.3) is 0 Å². The lowest BCUT2D eigenvalue weighted by Gasteiger charge is -2.11. The van der Waals surface area contributed by atoms with Gasteiger partial charge in [-0.1, -0.05) is 35.3 Å². The third-order valence-corrected chi connectivity index (χ3v) is 4.46. The Balaban J connectivity index is 2.08. The van der Waals surface area contributed by atoms with Gasteiger partial charge < -0.3 is 9.30 Å². The first-order chi connectivity index (χ1) is 11.0. The van der Waals surface area contributed by atoms with E-state index >= 15 is 0 Å². The maximum absolute atomic E-state index is 11.8. The van der Waals surface area contributed by atoms with Crippen LogP contribution in [0.4, 0.5) is 0 Å². The number of aryl methyl sites for hydroxylation is 1. The Morgan fingerprint density at radius 1 is 1.13 bits per heavy atom. The predicted molar refractivity (Wildman–Crippen MR) is 93.6 cm³/mol. The molecule has 0 atom stereocenters. The number of fused-ring (bicyclic) bond motifs is 1. The Morgan fingerprint density at radius 2 is 1.91 bits per heavy atom. The van der Waals surface area contributed by atoms with Crippen molar-refractivity contribution >= 4 is 40.1 Å². The maximum atomic E-state index is 11.8. The molecule has 0 saturated carbocycles. The van der Waals surface area contributed by atoms with Crippen molar-refractivity contribution in [2.24, 2.45) is 0 Å². The topological polar surface area (TPSA) is 31.2 Å². The molecular formula is C18H15Cl2NO2. The average molecular weight is 348 g/mol. The summed E-state index contributed by atoms with van der Waals surface area (Å²) in [7, 11) is 1.38. The van der Waals surface area contributed by atoms with Gasteiger partial charge in [0.15, 0.2) is 0 Å². The minimum Gasteiger partial charge on any atom is -0.465 e. The minimum atomic E-state index is -0.346. The van der Waals surface area contributed by atoms with Gasteiger partial charge in [-0.05, 0) is 48.2 Å². The van der Waals surface area contributed by atoms with Gasteiger partial charge in [0.1, 0.15) is 0 Å². The molecule has 0 aliphatic heterocycles. The molecule has 3 aromatic rings. The number of nitrogens with zero attached hydrogens (tertiary/aromatic N) is 1. The van der Waals surface area contributed by atoms with Gasteiger partial charge in [0.05, 0.1) is 12.7 Å². The van der Waals surface area contributed by atoms with E-state index in [0.29, 0.717) is 22.2 Å². The van der Waals surface area contributed by atoms with Gasteiger partial charge in [-0.15, -0.1) is 0 Å². The van der Waals surface area contributed by atoms with E-state index in [9.17, 15) is 4.79 Å². The van der Waals surface area contributed by atoms with Crippen LogP contribution in [0.3, 0.4) is 0 Å². The molecule has 0 spiro atoms. The quantitative estimate of drug-likeness (QED) is 0.617. The average Bonchev–Trinajstić information content (AvgIpc) is 2.84. The Morgan fingerprint density at radius 3 is 2.61 bits per heavy atom. The number of halogens is 2.